The average molecular weight is 242 g/mol. The van der Waals surface area contributed by atoms with Crippen molar-refractivity contribution in [3.05, 3.63) is 11.9 Å². The third-order valence-electron chi connectivity index (χ3n) is 2.02. The molecule has 1 amide bonds. The first-order chi connectivity index (χ1) is 8.21. The lowest BCUT2D eigenvalue weighted by Gasteiger charge is -2.13. The summed E-state index contributed by atoms with van der Waals surface area (Å²) in [6.07, 6.45) is 1.12. The molecule has 0 saturated heterocycles. The Morgan fingerprint density at radius 3 is 2.65 bits per heavy atom. The van der Waals surface area contributed by atoms with Gasteiger partial charge in [-0.1, -0.05) is 5.21 Å². The third-order valence-corrected chi connectivity index (χ3v) is 2.02. The van der Waals surface area contributed by atoms with Crippen LogP contribution in [0.25, 0.3) is 0 Å². The molecule has 1 aromatic rings. The van der Waals surface area contributed by atoms with Crippen molar-refractivity contribution in [2.24, 2.45) is 0 Å². The zero-order chi connectivity index (χ0) is 12.7. The van der Waals surface area contributed by atoms with E-state index in [4.69, 9.17) is 9.47 Å². The molecule has 0 fully saturated rings. The number of hydrogen-bond acceptors (Lipinski definition) is 5. The summed E-state index contributed by atoms with van der Waals surface area (Å²) in [5.41, 5.74) is 0.567. The Balaban J connectivity index is 2.66. The molecule has 0 saturated carbocycles. The Bertz CT molecular complexity index is 347. The molecule has 0 bridgehead atoms. The SMILES string of the molecule is CCOC(OCC)c1cn(CC(=O)NC)nn1. The largest absolute Gasteiger partial charge is 0.358 e. The van der Waals surface area contributed by atoms with Gasteiger partial charge in [0.1, 0.15) is 12.2 Å². The van der Waals surface area contributed by atoms with Crippen molar-refractivity contribution in [3.8, 4) is 0 Å². The summed E-state index contributed by atoms with van der Waals surface area (Å²) in [5, 5.41) is 10.3. The van der Waals surface area contributed by atoms with Crippen LogP contribution in [0.4, 0.5) is 0 Å². The second-order valence-corrected chi connectivity index (χ2v) is 3.26. The maximum absolute atomic E-state index is 11.1. The number of carbonyl (C=O) groups excluding carboxylic acids is 1. The number of amides is 1. The minimum absolute atomic E-state index is 0.133. The maximum atomic E-state index is 11.1. The normalized spacial score (nSPS) is 10.8. The highest BCUT2D eigenvalue weighted by Crippen LogP contribution is 2.15. The molecule has 1 aromatic heterocycles. The van der Waals surface area contributed by atoms with E-state index in [1.807, 2.05) is 13.8 Å². The van der Waals surface area contributed by atoms with Gasteiger partial charge in [-0.15, -0.1) is 5.10 Å². The lowest BCUT2D eigenvalue weighted by Crippen LogP contribution is -2.23. The second-order valence-electron chi connectivity index (χ2n) is 3.26. The molecule has 1 rings (SSSR count). The van der Waals surface area contributed by atoms with E-state index in [1.165, 1.54) is 4.68 Å². The first-order valence-corrected chi connectivity index (χ1v) is 5.55. The number of ether oxygens (including phenoxy) is 2. The summed E-state index contributed by atoms with van der Waals surface area (Å²) in [7, 11) is 1.57. The number of rotatable bonds is 7. The molecule has 17 heavy (non-hydrogen) atoms. The molecular weight excluding hydrogens is 224 g/mol. The molecule has 0 unspecified atom stereocenters. The molecule has 7 heteroatoms. The van der Waals surface area contributed by atoms with Crippen molar-refractivity contribution in [2.75, 3.05) is 20.3 Å². The van der Waals surface area contributed by atoms with Crippen LogP contribution in [0.2, 0.25) is 0 Å². The molecule has 0 spiro atoms. The van der Waals surface area contributed by atoms with Crippen LogP contribution in [0.1, 0.15) is 25.8 Å². The van der Waals surface area contributed by atoms with Gasteiger partial charge in [0.2, 0.25) is 12.2 Å². The van der Waals surface area contributed by atoms with E-state index in [2.05, 4.69) is 15.6 Å². The van der Waals surface area contributed by atoms with Crippen molar-refractivity contribution in [1.82, 2.24) is 20.3 Å². The summed E-state index contributed by atoms with van der Waals surface area (Å²) in [6.45, 7) is 4.93. The summed E-state index contributed by atoms with van der Waals surface area (Å²) in [4.78, 5) is 11.1. The highest BCUT2D eigenvalue weighted by atomic mass is 16.7. The van der Waals surface area contributed by atoms with Crippen LogP contribution >= 0.6 is 0 Å². The van der Waals surface area contributed by atoms with E-state index < -0.39 is 6.29 Å². The fourth-order valence-corrected chi connectivity index (χ4v) is 1.25. The highest BCUT2D eigenvalue weighted by Gasteiger charge is 2.16. The standard InChI is InChI=1S/C10H18N4O3/c1-4-16-10(17-5-2)8-6-14(13-12-8)7-9(15)11-3/h6,10H,4-5,7H2,1-3H3,(H,11,15). The van der Waals surface area contributed by atoms with Gasteiger partial charge < -0.3 is 14.8 Å². The monoisotopic (exact) mass is 242 g/mol. The number of nitrogens with zero attached hydrogens (tertiary/aromatic N) is 3. The Labute approximate surface area is 100 Å². The van der Waals surface area contributed by atoms with Crippen molar-refractivity contribution in [1.29, 1.82) is 0 Å². The van der Waals surface area contributed by atoms with Gasteiger partial charge in [0.25, 0.3) is 0 Å². The highest BCUT2D eigenvalue weighted by molar-refractivity contribution is 5.75. The summed E-state index contributed by atoms with van der Waals surface area (Å²) in [6, 6.07) is 0. The van der Waals surface area contributed by atoms with Crippen LogP contribution in [-0.2, 0) is 20.8 Å². The Hall–Kier alpha value is -1.47. The predicted octanol–water partition coefficient (Wildman–Crippen LogP) is 0.0957. The predicted molar refractivity (Wildman–Crippen MR) is 60.1 cm³/mol. The van der Waals surface area contributed by atoms with Gasteiger partial charge in [-0.25, -0.2) is 4.68 Å². The summed E-state index contributed by atoms with van der Waals surface area (Å²) >= 11 is 0. The molecule has 0 aliphatic heterocycles. The zero-order valence-corrected chi connectivity index (χ0v) is 10.3. The first-order valence-electron chi connectivity index (χ1n) is 5.55. The van der Waals surface area contributed by atoms with Crippen molar-refractivity contribution in [3.63, 3.8) is 0 Å². The van der Waals surface area contributed by atoms with Crippen LogP contribution in [0, 0.1) is 0 Å². The summed E-state index contributed by atoms with van der Waals surface area (Å²) < 4.78 is 12.2. The fraction of sp³-hybridized carbons (Fsp3) is 0.700. The quantitative estimate of drug-likeness (QED) is 0.686. The Morgan fingerprint density at radius 2 is 2.12 bits per heavy atom. The van der Waals surface area contributed by atoms with Crippen LogP contribution in [0.5, 0.6) is 0 Å². The first kappa shape index (κ1) is 13.6. The molecule has 0 aliphatic carbocycles. The molecule has 0 aromatic carbocycles. The number of aromatic nitrogens is 3. The van der Waals surface area contributed by atoms with E-state index in [0.717, 1.165) is 0 Å². The zero-order valence-electron chi connectivity index (χ0n) is 10.3. The van der Waals surface area contributed by atoms with Crippen molar-refractivity contribution < 1.29 is 14.3 Å². The van der Waals surface area contributed by atoms with Crippen LogP contribution in [0.15, 0.2) is 6.20 Å². The Morgan fingerprint density at radius 1 is 1.47 bits per heavy atom. The van der Waals surface area contributed by atoms with Gasteiger partial charge in [0.05, 0.1) is 6.20 Å². The molecule has 7 nitrogen and oxygen atoms in total. The van der Waals surface area contributed by atoms with Gasteiger partial charge >= 0.3 is 0 Å². The van der Waals surface area contributed by atoms with Gasteiger partial charge in [-0.2, -0.15) is 0 Å². The smallest absolute Gasteiger partial charge is 0.241 e. The van der Waals surface area contributed by atoms with Gasteiger partial charge in [0.15, 0.2) is 0 Å². The van der Waals surface area contributed by atoms with E-state index in [-0.39, 0.29) is 12.5 Å². The van der Waals surface area contributed by atoms with Crippen LogP contribution < -0.4 is 5.32 Å². The average Bonchev–Trinajstić information content (AvgIpc) is 2.77. The topological polar surface area (TPSA) is 78.3 Å². The maximum Gasteiger partial charge on any atom is 0.241 e. The molecule has 0 radical (unpaired) electrons. The molecular formula is C10H18N4O3. The van der Waals surface area contributed by atoms with E-state index in [1.54, 1.807) is 13.2 Å². The van der Waals surface area contributed by atoms with Gasteiger partial charge in [-0.05, 0) is 13.8 Å². The molecule has 1 N–H and O–H groups in total. The minimum Gasteiger partial charge on any atom is -0.358 e. The van der Waals surface area contributed by atoms with Gasteiger partial charge in [-0.3, -0.25) is 4.79 Å². The number of likely N-dealkylation sites (N-methyl/N-ethyl adjacent to an activating group) is 1. The fourth-order valence-electron chi connectivity index (χ4n) is 1.25. The van der Waals surface area contributed by atoms with E-state index in [0.29, 0.717) is 18.9 Å². The van der Waals surface area contributed by atoms with E-state index in [9.17, 15) is 4.79 Å². The second kappa shape index (κ2) is 6.97. The molecule has 0 aliphatic rings. The molecule has 0 atom stereocenters. The number of hydrogen-bond donors (Lipinski definition) is 1. The molecule has 1 heterocycles. The number of carbonyl (C=O) groups is 1. The number of nitrogens with one attached hydrogen (secondary N) is 1. The van der Waals surface area contributed by atoms with Crippen molar-refractivity contribution in [2.45, 2.75) is 26.7 Å². The van der Waals surface area contributed by atoms with Gasteiger partial charge in [0, 0.05) is 20.3 Å². The lowest BCUT2D eigenvalue weighted by molar-refractivity contribution is -0.142. The van der Waals surface area contributed by atoms with Crippen LogP contribution in [-0.4, -0.2) is 41.2 Å². The van der Waals surface area contributed by atoms with Crippen LogP contribution in [0.3, 0.4) is 0 Å². The minimum atomic E-state index is -0.525. The third kappa shape index (κ3) is 4.12. The lowest BCUT2D eigenvalue weighted by atomic mass is 10.4. The summed E-state index contributed by atoms with van der Waals surface area (Å²) in [5.74, 6) is -0.134. The Kier molecular flexibility index (Phi) is 5.58. The van der Waals surface area contributed by atoms with Crippen molar-refractivity contribution >= 4 is 5.91 Å². The molecule has 96 valence electrons. The van der Waals surface area contributed by atoms with E-state index >= 15 is 0 Å².